The van der Waals surface area contributed by atoms with Gasteiger partial charge in [-0.25, -0.2) is 0 Å². The molecule has 2 unspecified atom stereocenters. The second-order valence-corrected chi connectivity index (χ2v) is 3.48. The van der Waals surface area contributed by atoms with E-state index in [2.05, 4.69) is 0 Å². The summed E-state index contributed by atoms with van der Waals surface area (Å²) in [6.07, 6.45) is 1.80. The van der Waals surface area contributed by atoms with Crippen molar-refractivity contribution < 1.29 is 14.2 Å². The third kappa shape index (κ3) is 2.40. The molecule has 1 aliphatic carbocycles. The van der Waals surface area contributed by atoms with E-state index in [9.17, 15) is 0 Å². The van der Waals surface area contributed by atoms with Gasteiger partial charge in [0.2, 0.25) is 0 Å². The van der Waals surface area contributed by atoms with Gasteiger partial charge >= 0.3 is 0 Å². The molecular formula is C9H19NO3. The van der Waals surface area contributed by atoms with Crippen molar-refractivity contribution in [2.75, 3.05) is 21.3 Å². The monoisotopic (exact) mass is 189 g/mol. The molecule has 0 aromatic rings. The van der Waals surface area contributed by atoms with Crippen LogP contribution in [0.5, 0.6) is 0 Å². The lowest BCUT2D eigenvalue weighted by molar-refractivity contribution is -0.132. The van der Waals surface area contributed by atoms with Gasteiger partial charge in [-0.15, -0.1) is 0 Å². The third-order valence-electron chi connectivity index (χ3n) is 2.68. The highest BCUT2D eigenvalue weighted by atomic mass is 16.6. The molecule has 0 saturated heterocycles. The summed E-state index contributed by atoms with van der Waals surface area (Å²) >= 11 is 0. The molecule has 0 aromatic heterocycles. The second kappa shape index (κ2) is 4.91. The van der Waals surface area contributed by atoms with Crippen LogP contribution in [0.3, 0.4) is 0 Å². The number of methoxy groups -OCH3 is 3. The Morgan fingerprint density at radius 3 is 1.69 bits per heavy atom. The number of hydrogen-bond acceptors (Lipinski definition) is 4. The average Bonchev–Trinajstić information content (AvgIpc) is 2.16. The van der Waals surface area contributed by atoms with E-state index in [1.54, 1.807) is 21.3 Å². The molecule has 0 radical (unpaired) electrons. The number of ether oxygens (including phenoxy) is 3. The van der Waals surface area contributed by atoms with Crippen molar-refractivity contribution in [3.63, 3.8) is 0 Å². The van der Waals surface area contributed by atoms with Crippen molar-refractivity contribution >= 4 is 0 Å². The van der Waals surface area contributed by atoms with Crippen molar-refractivity contribution in [2.24, 2.45) is 5.73 Å². The first-order valence-electron chi connectivity index (χ1n) is 4.56. The summed E-state index contributed by atoms with van der Waals surface area (Å²) < 4.78 is 16.0. The summed E-state index contributed by atoms with van der Waals surface area (Å²) in [4.78, 5) is 0. The zero-order valence-electron chi connectivity index (χ0n) is 8.53. The van der Waals surface area contributed by atoms with Crippen LogP contribution in [-0.4, -0.2) is 45.7 Å². The Labute approximate surface area is 79.3 Å². The Morgan fingerprint density at radius 1 is 0.923 bits per heavy atom. The fourth-order valence-corrected chi connectivity index (χ4v) is 1.96. The zero-order valence-corrected chi connectivity index (χ0v) is 8.53. The fourth-order valence-electron chi connectivity index (χ4n) is 1.96. The molecule has 1 aliphatic rings. The topological polar surface area (TPSA) is 53.7 Å². The van der Waals surface area contributed by atoms with Gasteiger partial charge in [-0.05, 0) is 12.8 Å². The molecule has 0 bridgehead atoms. The van der Waals surface area contributed by atoms with Gasteiger partial charge in [-0.3, -0.25) is 0 Å². The van der Waals surface area contributed by atoms with Gasteiger partial charge in [-0.2, -0.15) is 0 Å². The van der Waals surface area contributed by atoms with Gasteiger partial charge < -0.3 is 19.9 Å². The first-order valence-corrected chi connectivity index (χ1v) is 4.56. The van der Waals surface area contributed by atoms with Crippen molar-refractivity contribution in [1.82, 2.24) is 0 Å². The van der Waals surface area contributed by atoms with E-state index in [-0.39, 0.29) is 24.4 Å². The molecule has 0 aliphatic heterocycles. The Kier molecular flexibility index (Phi) is 4.12. The van der Waals surface area contributed by atoms with E-state index in [1.165, 1.54) is 0 Å². The minimum absolute atomic E-state index is 0.00907. The maximum atomic E-state index is 5.87. The fraction of sp³-hybridized carbons (Fsp3) is 1.00. The SMILES string of the molecule is COC1CC(N)CC(OC)C1OC. The second-order valence-electron chi connectivity index (χ2n) is 3.48. The molecule has 1 fully saturated rings. The Bertz CT molecular complexity index is 140. The summed E-state index contributed by atoms with van der Waals surface area (Å²) in [5.41, 5.74) is 5.87. The molecule has 1 rings (SSSR count). The van der Waals surface area contributed by atoms with Crippen LogP contribution in [0.1, 0.15) is 12.8 Å². The lowest BCUT2D eigenvalue weighted by Crippen LogP contribution is -2.51. The summed E-state index contributed by atoms with van der Waals surface area (Å²) in [6, 6.07) is 0.154. The van der Waals surface area contributed by atoms with Crippen LogP contribution in [0.4, 0.5) is 0 Å². The Balaban J connectivity index is 2.61. The van der Waals surface area contributed by atoms with Crippen molar-refractivity contribution in [3.8, 4) is 0 Å². The largest absolute Gasteiger partial charge is 0.379 e. The average molecular weight is 189 g/mol. The van der Waals surface area contributed by atoms with Crippen LogP contribution in [0.25, 0.3) is 0 Å². The highest BCUT2D eigenvalue weighted by Crippen LogP contribution is 2.24. The molecular weight excluding hydrogens is 170 g/mol. The molecule has 0 aromatic carbocycles. The smallest absolute Gasteiger partial charge is 0.109 e. The van der Waals surface area contributed by atoms with Gasteiger partial charge in [0.1, 0.15) is 6.10 Å². The van der Waals surface area contributed by atoms with E-state index in [1.807, 2.05) is 0 Å². The molecule has 0 heterocycles. The van der Waals surface area contributed by atoms with Crippen molar-refractivity contribution in [1.29, 1.82) is 0 Å². The minimum Gasteiger partial charge on any atom is -0.379 e. The van der Waals surface area contributed by atoms with E-state index in [0.29, 0.717) is 0 Å². The molecule has 4 nitrogen and oxygen atoms in total. The van der Waals surface area contributed by atoms with Crippen molar-refractivity contribution in [3.05, 3.63) is 0 Å². The molecule has 4 heteroatoms. The maximum Gasteiger partial charge on any atom is 0.109 e. The highest BCUT2D eigenvalue weighted by molar-refractivity contribution is 4.90. The predicted molar refractivity (Wildman–Crippen MR) is 49.6 cm³/mol. The summed E-state index contributed by atoms with van der Waals surface area (Å²) in [5.74, 6) is 0. The first kappa shape index (κ1) is 10.9. The van der Waals surface area contributed by atoms with Crippen LogP contribution >= 0.6 is 0 Å². The Hall–Kier alpha value is -0.160. The van der Waals surface area contributed by atoms with Gasteiger partial charge in [-0.1, -0.05) is 0 Å². The molecule has 2 atom stereocenters. The normalized spacial score (nSPS) is 40.6. The third-order valence-corrected chi connectivity index (χ3v) is 2.68. The lowest BCUT2D eigenvalue weighted by Gasteiger charge is -2.38. The van der Waals surface area contributed by atoms with E-state index >= 15 is 0 Å². The number of hydrogen-bond donors (Lipinski definition) is 1. The highest BCUT2D eigenvalue weighted by Gasteiger charge is 2.37. The van der Waals surface area contributed by atoms with Gasteiger partial charge in [0.05, 0.1) is 12.2 Å². The predicted octanol–water partition coefficient (Wildman–Crippen LogP) is 0.153. The van der Waals surface area contributed by atoms with E-state index in [0.717, 1.165) is 12.8 Å². The van der Waals surface area contributed by atoms with Crippen LogP contribution in [-0.2, 0) is 14.2 Å². The van der Waals surface area contributed by atoms with Crippen LogP contribution < -0.4 is 5.73 Å². The standard InChI is InChI=1S/C9H19NO3/c1-11-7-4-6(10)5-8(12-2)9(7)13-3/h6-9H,4-5,10H2,1-3H3. The molecule has 13 heavy (non-hydrogen) atoms. The quantitative estimate of drug-likeness (QED) is 0.686. The molecule has 2 N–H and O–H groups in total. The van der Waals surface area contributed by atoms with Crippen LogP contribution in [0.2, 0.25) is 0 Å². The van der Waals surface area contributed by atoms with Gasteiger partial charge in [0.25, 0.3) is 0 Å². The van der Waals surface area contributed by atoms with Crippen LogP contribution in [0.15, 0.2) is 0 Å². The molecule has 1 saturated carbocycles. The molecule has 0 spiro atoms. The Morgan fingerprint density at radius 2 is 1.38 bits per heavy atom. The van der Waals surface area contributed by atoms with Gasteiger partial charge in [0, 0.05) is 27.4 Å². The maximum absolute atomic E-state index is 5.87. The number of rotatable bonds is 3. The molecule has 78 valence electrons. The summed E-state index contributed by atoms with van der Waals surface area (Å²) in [6.45, 7) is 0. The van der Waals surface area contributed by atoms with Crippen molar-refractivity contribution in [2.45, 2.75) is 37.2 Å². The van der Waals surface area contributed by atoms with E-state index in [4.69, 9.17) is 19.9 Å². The lowest BCUT2D eigenvalue weighted by atomic mass is 9.88. The van der Waals surface area contributed by atoms with Crippen LogP contribution in [0, 0.1) is 0 Å². The zero-order chi connectivity index (χ0) is 9.84. The minimum atomic E-state index is 0.00907. The molecule has 0 amide bonds. The summed E-state index contributed by atoms with van der Waals surface area (Å²) in [7, 11) is 5.04. The number of nitrogens with two attached hydrogens (primary N) is 1. The van der Waals surface area contributed by atoms with Gasteiger partial charge in [0.15, 0.2) is 0 Å². The first-order chi connectivity index (χ1) is 6.22. The summed E-state index contributed by atoms with van der Waals surface area (Å²) in [5, 5.41) is 0. The van der Waals surface area contributed by atoms with E-state index < -0.39 is 0 Å².